The van der Waals surface area contributed by atoms with E-state index in [1.165, 1.54) is 44.1 Å². The molecule has 1 fully saturated rings. The van der Waals surface area contributed by atoms with Crippen molar-refractivity contribution >= 4 is 0 Å². The predicted molar refractivity (Wildman–Crippen MR) is 71.3 cm³/mol. The molecule has 0 aromatic heterocycles. The lowest BCUT2D eigenvalue weighted by atomic mass is 10.1. The summed E-state index contributed by atoms with van der Waals surface area (Å²) in [6.45, 7) is 0.960. The molecule has 102 valence electrons. The fourth-order valence-electron chi connectivity index (χ4n) is 2.53. The minimum Gasteiger partial charge on any atom is -1.00 e. The predicted octanol–water partition coefficient (Wildman–Crippen LogP) is 0.512. The molecule has 0 radical (unpaired) electrons. The molecular weight excluding hydrogens is 246 g/mol. The minimum absolute atomic E-state index is 0. The molecule has 2 nitrogen and oxygen atoms in total. The van der Waals surface area contributed by atoms with E-state index in [-0.39, 0.29) is 12.4 Å². The molecule has 0 saturated heterocycles. The standard InChI is InChI=1S/C15H23NO.ClH/c1-17-15-10-6-7-13(11-15)12-16-14-8-4-2-3-5-9-14;/h6-7,10-11,14,16H,2-5,8-9,12H2,1H3;1H/p-1. The first kappa shape index (κ1) is 15.3. The zero-order chi connectivity index (χ0) is 11.9. The zero-order valence-corrected chi connectivity index (χ0v) is 11.9. The fourth-order valence-corrected chi connectivity index (χ4v) is 2.53. The molecule has 2 rings (SSSR count). The highest BCUT2D eigenvalue weighted by atomic mass is 35.5. The van der Waals surface area contributed by atoms with Gasteiger partial charge in [0.1, 0.15) is 5.75 Å². The van der Waals surface area contributed by atoms with Crippen LogP contribution >= 0.6 is 0 Å². The lowest BCUT2D eigenvalue weighted by Crippen LogP contribution is -3.00. The molecule has 0 aliphatic heterocycles. The Kier molecular flexibility index (Phi) is 7.14. The van der Waals surface area contributed by atoms with E-state index in [1.54, 1.807) is 7.11 Å². The van der Waals surface area contributed by atoms with Gasteiger partial charge in [-0.25, -0.2) is 0 Å². The second kappa shape index (κ2) is 8.39. The average Bonchev–Trinajstić information content (AvgIpc) is 2.65. The van der Waals surface area contributed by atoms with Crippen LogP contribution in [0.25, 0.3) is 0 Å². The van der Waals surface area contributed by atoms with Gasteiger partial charge in [0, 0.05) is 12.6 Å². The van der Waals surface area contributed by atoms with Crippen molar-refractivity contribution in [2.45, 2.75) is 51.1 Å². The Bertz CT molecular complexity index is 335. The van der Waals surface area contributed by atoms with E-state index in [4.69, 9.17) is 4.74 Å². The first-order valence-electron chi connectivity index (χ1n) is 6.75. The first-order chi connectivity index (χ1) is 8.38. The maximum atomic E-state index is 5.24. The van der Waals surface area contributed by atoms with E-state index in [1.807, 2.05) is 6.07 Å². The Hall–Kier alpha value is -0.730. The third-order valence-electron chi connectivity index (χ3n) is 3.58. The highest BCUT2D eigenvalue weighted by Gasteiger charge is 2.11. The lowest BCUT2D eigenvalue weighted by molar-refractivity contribution is -0.00000396. The molecule has 1 saturated carbocycles. The number of halogens is 1. The smallest absolute Gasteiger partial charge is 0.119 e. The molecule has 0 atom stereocenters. The van der Waals surface area contributed by atoms with E-state index in [0.29, 0.717) is 6.04 Å². The number of benzene rings is 1. The van der Waals surface area contributed by atoms with Crippen LogP contribution in [0, 0.1) is 0 Å². The summed E-state index contributed by atoms with van der Waals surface area (Å²) in [7, 11) is 1.72. The molecule has 0 bridgehead atoms. The fraction of sp³-hybridized carbons (Fsp3) is 0.600. The van der Waals surface area contributed by atoms with Crippen LogP contribution in [0.1, 0.15) is 44.1 Å². The summed E-state index contributed by atoms with van der Waals surface area (Å²) in [5.74, 6) is 0.949. The molecule has 1 aliphatic carbocycles. The first-order valence-corrected chi connectivity index (χ1v) is 6.75. The Balaban J connectivity index is 0.00000162. The van der Waals surface area contributed by atoms with Gasteiger partial charge in [0.05, 0.1) is 7.11 Å². The summed E-state index contributed by atoms with van der Waals surface area (Å²) in [4.78, 5) is 0. The molecule has 0 spiro atoms. The van der Waals surface area contributed by atoms with Crippen LogP contribution in [0.3, 0.4) is 0 Å². The van der Waals surface area contributed by atoms with Crippen molar-refractivity contribution in [3.8, 4) is 5.75 Å². The van der Waals surface area contributed by atoms with Gasteiger partial charge in [0.2, 0.25) is 0 Å². The van der Waals surface area contributed by atoms with Crippen LogP contribution in [0.4, 0.5) is 0 Å². The number of rotatable bonds is 4. The van der Waals surface area contributed by atoms with E-state index in [0.717, 1.165) is 12.3 Å². The zero-order valence-electron chi connectivity index (χ0n) is 11.1. The van der Waals surface area contributed by atoms with Crippen LogP contribution < -0.4 is 22.5 Å². The van der Waals surface area contributed by atoms with Gasteiger partial charge < -0.3 is 22.5 Å². The molecular formula is C15H23ClNO-. The molecule has 3 heteroatoms. The highest BCUT2D eigenvalue weighted by Crippen LogP contribution is 2.18. The van der Waals surface area contributed by atoms with Crippen molar-refractivity contribution < 1.29 is 17.1 Å². The van der Waals surface area contributed by atoms with Gasteiger partial charge in [-0.2, -0.15) is 0 Å². The van der Waals surface area contributed by atoms with Gasteiger partial charge in [-0.05, 0) is 30.5 Å². The van der Waals surface area contributed by atoms with E-state index in [9.17, 15) is 0 Å². The Labute approximate surface area is 117 Å². The maximum absolute atomic E-state index is 5.24. The third kappa shape index (κ3) is 4.87. The molecule has 18 heavy (non-hydrogen) atoms. The Morgan fingerprint density at radius 2 is 1.89 bits per heavy atom. The topological polar surface area (TPSA) is 21.3 Å². The summed E-state index contributed by atoms with van der Waals surface area (Å²) in [5.41, 5.74) is 1.31. The van der Waals surface area contributed by atoms with Gasteiger partial charge >= 0.3 is 0 Å². The Morgan fingerprint density at radius 3 is 2.56 bits per heavy atom. The molecule has 1 N–H and O–H groups in total. The summed E-state index contributed by atoms with van der Waals surface area (Å²) in [5, 5.41) is 3.67. The normalized spacial score (nSPS) is 16.7. The van der Waals surface area contributed by atoms with E-state index in [2.05, 4.69) is 23.5 Å². The van der Waals surface area contributed by atoms with Crippen molar-refractivity contribution in [1.82, 2.24) is 5.32 Å². The third-order valence-corrected chi connectivity index (χ3v) is 3.58. The van der Waals surface area contributed by atoms with E-state index >= 15 is 0 Å². The number of methoxy groups -OCH3 is 1. The molecule has 1 aromatic rings. The largest absolute Gasteiger partial charge is 1.00 e. The Morgan fingerprint density at radius 1 is 1.17 bits per heavy atom. The van der Waals surface area contributed by atoms with Crippen LogP contribution in [0.15, 0.2) is 24.3 Å². The molecule has 1 aliphatic rings. The van der Waals surface area contributed by atoms with Crippen molar-refractivity contribution in [2.24, 2.45) is 0 Å². The summed E-state index contributed by atoms with van der Waals surface area (Å²) >= 11 is 0. The number of ether oxygens (including phenoxy) is 1. The van der Waals surface area contributed by atoms with Gasteiger partial charge in [0.25, 0.3) is 0 Å². The van der Waals surface area contributed by atoms with Gasteiger partial charge in [-0.15, -0.1) is 0 Å². The van der Waals surface area contributed by atoms with E-state index < -0.39 is 0 Å². The highest BCUT2D eigenvalue weighted by molar-refractivity contribution is 5.28. The van der Waals surface area contributed by atoms with Gasteiger partial charge in [-0.1, -0.05) is 37.8 Å². The summed E-state index contributed by atoms with van der Waals surface area (Å²) in [6, 6.07) is 9.04. The van der Waals surface area contributed by atoms with Crippen LogP contribution in [0.2, 0.25) is 0 Å². The van der Waals surface area contributed by atoms with Crippen LogP contribution in [-0.4, -0.2) is 13.2 Å². The van der Waals surface area contributed by atoms with Crippen molar-refractivity contribution in [2.75, 3.05) is 7.11 Å². The molecule has 0 amide bonds. The summed E-state index contributed by atoms with van der Waals surface area (Å²) < 4.78 is 5.24. The monoisotopic (exact) mass is 268 g/mol. The molecule has 0 heterocycles. The van der Waals surface area contributed by atoms with Gasteiger partial charge in [-0.3, -0.25) is 0 Å². The quantitative estimate of drug-likeness (QED) is 0.804. The maximum Gasteiger partial charge on any atom is 0.119 e. The number of hydrogen-bond acceptors (Lipinski definition) is 2. The second-order valence-electron chi connectivity index (χ2n) is 4.92. The van der Waals surface area contributed by atoms with Crippen molar-refractivity contribution in [3.05, 3.63) is 29.8 Å². The second-order valence-corrected chi connectivity index (χ2v) is 4.92. The van der Waals surface area contributed by atoms with Crippen molar-refractivity contribution in [3.63, 3.8) is 0 Å². The molecule has 1 aromatic carbocycles. The van der Waals surface area contributed by atoms with Gasteiger partial charge in [0.15, 0.2) is 0 Å². The van der Waals surface area contributed by atoms with Crippen molar-refractivity contribution in [1.29, 1.82) is 0 Å². The minimum atomic E-state index is 0. The van der Waals surface area contributed by atoms with Crippen LogP contribution in [0.5, 0.6) is 5.75 Å². The number of nitrogens with one attached hydrogen (secondary N) is 1. The molecule has 0 unspecified atom stereocenters. The lowest BCUT2D eigenvalue weighted by Gasteiger charge is -2.16. The summed E-state index contributed by atoms with van der Waals surface area (Å²) in [6.07, 6.45) is 8.27. The van der Waals surface area contributed by atoms with Crippen LogP contribution in [-0.2, 0) is 6.54 Å². The SMILES string of the molecule is COc1cccc(CNC2CCCCCC2)c1.[Cl-]. The number of hydrogen-bond donors (Lipinski definition) is 1. The average molecular weight is 269 g/mol.